The summed E-state index contributed by atoms with van der Waals surface area (Å²) in [5, 5.41) is 38.5. The highest BCUT2D eigenvalue weighted by atomic mass is 16.6. The van der Waals surface area contributed by atoms with Gasteiger partial charge in [-0.3, -0.25) is 0 Å². The summed E-state index contributed by atoms with van der Waals surface area (Å²) in [4.78, 5) is 0. The van der Waals surface area contributed by atoms with E-state index >= 15 is 0 Å². The van der Waals surface area contributed by atoms with Crippen molar-refractivity contribution in [2.45, 2.75) is 37.3 Å². The van der Waals surface area contributed by atoms with Crippen LogP contribution in [0.25, 0.3) is 0 Å². The fourth-order valence-corrected chi connectivity index (χ4v) is 2.22. The van der Waals surface area contributed by atoms with Gasteiger partial charge in [0.25, 0.3) is 0 Å². The minimum absolute atomic E-state index is 0.112. The average molecular weight is 300 g/mol. The van der Waals surface area contributed by atoms with Crippen LogP contribution in [0.15, 0.2) is 24.3 Å². The molecular weight excluding hydrogens is 280 g/mol. The van der Waals surface area contributed by atoms with Crippen LogP contribution < -0.4 is 4.74 Å². The lowest BCUT2D eigenvalue weighted by molar-refractivity contribution is -0.296. The summed E-state index contributed by atoms with van der Waals surface area (Å²) in [6, 6.07) is 7.14. The zero-order valence-electron chi connectivity index (χ0n) is 11.6. The van der Waals surface area contributed by atoms with E-state index in [4.69, 9.17) is 19.3 Å². The molecule has 0 aliphatic carbocycles. The Bertz CT molecular complexity index is 453. The lowest BCUT2D eigenvalue weighted by Crippen LogP contribution is -2.59. The van der Waals surface area contributed by atoms with E-state index in [1.54, 1.807) is 31.4 Å². The Hall–Kier alpha value is -1.22. The minimum Gasteiger partial charge on any atom is -0.497 e. The molecule has 7 heteroatoms. The van der Waals surface area contributed by atoms with Crippen molar-refractivity contribution in [3.63, 3.8) is 0 Å². The first-order valence-corrected chi connectivity index (χ1v) is 6.62. The van der Waals surface area contributed by atoms with Gasteiger partial charge in [0.05, 0.1) is 20.3 Å². The normalized spacial score (nSPS) is 32.9. The predicted molar refractivity (Wildman–Crippen MR) is 71.6 cm³/mol. The Balaban J connectivity index is 2.02. The average Bonchev–Trinajstić information content (AvgIpc) is 2.51. The first kappa shape index (κ1) is 16.2. The highest BCUT2D eigenvalue weighted by Crippen LogP contribution is 2.23. The van der Waals surface area contributed by atoms with E-state index in [0.29, 0.717) is 5.75 Å². The molecule has 21 heavy (non-hydrogen) atoms. The molecule has 0 unspecified atom stereocenters. The van der Waals surface area contributed by atoms with Crippen molar-refractivity contribution in [2.24, 2.45) is 0 Å². The van der Waals surface area contributed by atoms with Crippen molar-refractivity contribution in [2.75, 3.05) is 13.7 Å². The number of hydrogen-bond donors (Lipinski definition) is 4. The van der Waals surface area contributed by atoms with Crippen LogP contribution in [0.5, 0.6) is 5.75 Å². The molecule has 1 fully saturated rings. The molecule has 0 saturated carbocycles. The number of hydrogen-bond acceptors (Lipinski definition) is 7. The second-order valence-electron chi connectivity index (χ2n) is 4.86. The molecule has 0 spiro atoms. The van der Waals surface area contributed by atoms with Gasteiger partial charge in [-0.25, -0.2) is 0 Å². The number of ether oxygens (including phenoxy) is 3. The molecule has 1 aromatic rings. The second kappa shape index (κ2) is 7.17. The molecule has 0 aromatic heterocycles. The van der Waals surface area contributed by atoms with Crippen LogP contribution in [-0.2, 0) is 16.1 Å². The summed E-state index contributed by atoms with van der Waals surface area (Å²) in [6.45, 7) is -0.370. The molecule has 2 rings (SSSR count). The highest BCUT2D eigenvalue weighted by molar-refractivity contribution is 5.27. The maximum absolute atomic E-state index is 9.99. The Morgan fingerprint density at radius 3 is 2.62 bits per heavy atom. The van der Waals surface area contributed by atoms with Gasteiger partial charge in [0.15, 0.2) is 6.29 Å². The first-order valence-electron chi connectivity index (χ1n) is 6.62. The molecule has 0 bridgehead atoms. The van der Waals surface area contributed by atoms with Gasteiger partial charge >= 0.3 is 0 Å². The van der Waals surface area contributed by atoms with E-state index in [0.717, 1.165) is 5.56 Å². The minimum atomic E-state index is -1.51. The third-order valence-electron chi connectivity index (χ3n) is 3.42. The van der Waals surface area contributed by atoms with Gasteiger partial charge in [-0.05, 0) is 17.7 Å². The van der Waals surface area contributed by atoms with Crippen LogP contribution in [0, 0.1) is 0 Å². The van der Waals surface area contributed by atoms with Gasteiger partial charge in [-0.15, -0.1) is 0 Å². The Morgan fingerprint density at radius 1 is 1.19 bits per heavy atom. The lowest BCUT2D eigenvalue weighted by atomic mass is 9.99. The van der Waals surface area contributed by atoms with Crippen molar-refractivity contribution in [1.29, 1.82) is 0 Å². The largest absolute Gasteiger partial charge is 0.497 e. The highest BCUT2D eigenvalue weighted by Gasteiger charge is 2.44. The number of benzene rings is 1. The summed E-state index contributed by atoms with van der Waals surface area (Å²) in [5.74, 6) is 0.664. The molecule has 1 aliphatic rings. The van der Waals surface area contributed by atoms with Gasteiger partial charge in [0.2, 0.25) is 0 Å². The topological polar surface area (TPSA) is 109 Å². The predicted octanol–water partition coefficient (Wildman–Crippen LogP) is -0.988. The number of aliphatic hydroxyl groups excluding tert-OH is 4. The molecule has 1 aromatic carbocycles. The summed E-state index contributed by atoms with van der Waals surface area (Å²) in [5.41, 5.74) is 0.787. The van der Waals surface area contributed by atoms with E-state index in [2.05, 4.69) is 0 Å². The lowest BCUT2D eigenvalue weighted by Gasteiger charge is -2.39. The number of methoxy groups -OCH3 is 1. The molecule has 1 aliphatic heterocycles. The molecule has 118 valence electrons. The molecule has 1 saturated heterocycles. The molecule has 4 N–H and O–H groups in total. The van der Waals surface area contributed by atoms with Crippen molar-refractivity contribution >= 4 is 0 Å². The monoisotopic (exact) mass is 300 g/mol. The molecule has 0 radical (unpaired) electrons. The zero-order valence-corrected chi connectivity index (χ0v) is 11.6. The third kappa shape index (κ3) is 3.70. The van der Waals surface area contributed by atoms with E-state index in [-0.39, 0.29) is 6.61 Å². The van der Waals surface area contributed by atoms with Gasteiger partial charge in [0.1, 0.15) is 30.2 Å². The number of aliphatic hydroxyl groups is 4. The van der Waals surface area contributed by atoms with Crippen LogP contribution in [0.4, 0.5) is 0 Å². The van der Waals surface area contributed by atoms with Crippen LogP contribution >= 0.6 is 0 Å². The fourth-order valence-electron chi connectivity index (χ4n) is 2.22. The van der Waals surface area contributed by atoms with Crippen LogP contribution in [0.2, 0.25) is 0 Å². The van der Waals surface area contributed by atoms with E-state index in [9.17, 15) is 15.3 Å². The smallest absolute Gasteiger partial charge is 0.184 e. The second-order valence-corrected chi connectivity index (χ2v) is 4.86. The van der Waals surface area contributed by atoms with E-state index < -0.39 is 37.3 Å². The fraction of sp³-hybridized carbons (Fsp3) is 0.571. The standard InChI is InChI=1S/C14H20O7/c1-19-9-4-2-3-8(5-9)7-20-13-11(16)10(6-15)21-14(18)12(13)17/h2-5,10-18H,6-7H2,1H3/t10-,11+,12-,13+,14-/m1/s1. The Kier molecular flexibility index (Phi) is 5.51. The van der Waals surface area contributed by atoms with Crippen LogP contribution in [-0.4, -0.2) is 64.8 Å². The van der Waals surface area contributed by atoms with Crippen molar-refractivity contribution < 1.29 is 34.6 Å². The van der Waals surface area contributed by atoms with Gasteiger partial charge < -0.3 is 34.6 Å². The molecule has 7 nitrogen and oxygen atoms in total. The van der Waals surface area contributed by atoms with E-state index in [1.807, 2.05) is 0 Å². The maximum atomic E-state index is 9.99. The summed E-state index contributed by atoms with van der Waals surface area (Å²) >= 11 is 0. The maximum Gasteiger partial charge on any atom is 0.184 e. The Labute approximate surface area is 122 Å². The quantitative estimate of drug-likeness (QED) is 0.553. The third-order valence-corrected chi connectivity index (χ3v) is 3.42. The van der Waals surface area contributed by atoms with E-state index in [1.165, 1.54) is 0 Å². The number of rotatable bonds is 5. The van der Waals surface area contributed by atoms with Gasteiger partial charge in [0, 0.05) is 0 Å². The SMILES string of the molecule is COc1cccc(CO[C@@H]2[C@@H](O)[C@H](O)O[C@H](CO)[C@@H]2O)c1. The van der Waals surface area contributed by atoms with Crippen molar-refractivity contribution in [3.05, 3.63) is 29.8 Å². The van der Waals surface area contributed by atoms with Crippen LogP contribution in [0.1, 0.15) is 5.56 Å². The van der Waals surface area contributed by atoms with Crippen molar-refractivity contribution in [3.8, 4) is 5.75 Å². The summed E-state index contributed by atoms with van der Waals surface area (Å²) < 4.78 is 15.5. The summed E-state index contributed by atoms with van der Waals surface area (Å²) in [6.07, 6.45) is -6.20. The van der Waals surface area contributed by atoms with Crippen LogP contribution in [0.3, 0.4) is 0 Å². The molecule has 0 amide bonds. The first-order chi connectivity index (χ1) is 10.1. The van der Waals surface area contributed by atoms with Gasteiger partial charge in [-0.2, -0.15) is 0 Å². The van der Waals surface area contributed by atoms with Crippen molar-refractivity contribution in [1.82, 2.24) is 0 Å². The molecule has 1 heterocycles. The van der Waals surface area contributed by atoms with Gasteiger partial charge in [-0.1, -0.05) is 12.1 Å². The Morgan fingerprint density at radius 2 is 1.95 bits per heavy atom. The zero-order chi connectivity index (χ0) is 15.4. The molecule has 5 atom stereocenters. The molecular formula is C14H20O7. The summed E-state index contributed by atoms with van der Waals surface area (Å²) in [7, 11) is 1.55.